The minimum absolute atomic E-state index is 0.801. The Bertz CT molecular complexity index is 397. The molecule has 0 unspecified atom stereocenters. The number of unbranched alkanes of at least 4 members (excludes halogenated alkanes) is 2. The van der Waals surface area contributed by atoms with Gasteiger partial charge in [0.2, 0.25) is 0 Å². The maximum absolute atomic E-state index is 5.23. The molecule has 17 heavy (non-hydrogen) atoms. The molecule has 0 aromatic carbocycles. The molecule has 0 radical (unpaired) electrons. The zero-order chi connectivity index (χ0) is 12.5. The standard InChI is InChI=1S/C15H18N2/c1-4-6-8-10-14-12-15(11-9-7-5-2)17-13(3)16-14/h1-2,12H,6-11H2,3H3. The Balaban J connectivity index is 2.60. The summed E-state index contributed by atoms with van der Waals surface area (Å²) < 4.78 is 0. The summed E-state index contributed by atoms with van der Waals surface area (Å²) in [5.41, 5.74) is 2.17. The van der Waals surface area contributed by atoms with Gasteiger partial charge >= 0.3 is 0 Å². The van der Waals surface area contributed by atoms with Crippen LogP contribution in [0.4, 0.5) is 0 Å². The highest BCUT2D eigenvalue weighted by atomic mass is 14.9. The van der Waals surface area contributed by atoms with Crippen molar-refractivity contribution >= 4 is 0 Å². The molecule has 0 saturated heterocycles. The van der Waals surface area contributed by atoms with Crippen molar-refractivity contribution in [2.45, 2.75) is 45.4 Å². The Kier molecular flexibility index (Phi) is 5.83. The van der Waals surface area contributed by atoms with E-state index in [1.54, 1.807) is 0 Å². The normalized spacial score (nSPS) is 9.59. The number of aromatic nitrogens is 2. The largest absolute Gasteiger partial charge is 0.238 e. The molecule has 88 valence electrons. The molecule has 0 saturated carbocycles. The lowest BCUT2D eigenvalue weighted by Crippen LogP contribution is -2.00. The van der Waals surface area contributed by atoms with Crippen molar-refractivity contribution in [2.75, 3.05) is 0 Å². The zero-order valence-corrected chi connectivity index (χ0v) is 10.4. The molecule has 1 rings (SSSR count). The minimum Gasteiger partial charge on any atom is -0.238 e. The number of aryl methyl sites for hydroxylation is 3. The molecule has 2 nitrogen and oxygen atoms in total. The van der Waals surface area contributed by atoms with Gasteiger partial charge in [-0.3, -0.25) is 0 Å². The average molecular weight is 226 g/mol. The van der Waals surface area contributed by atoms with Crippen LogP contribution >= 0.6 is 0 Å². The van der Waals surface area contributed by atoms with Gasteiger partial charge in [-0.1, -0.05) is 0 Å². The Hall–Kier alpha value is -1.80. The van der Waals surface area contributed by atoms with Crippen LogP contribution in [-0.2, 0) is 12.8 Å². The molecular formula is C15H18N2. The molecule has 1 aromatic rings. The second-order valence-corrected chi connectivity index (χ2v) is 4.01. The van der Waals surface area contributed by atoms with Crippen molar-refractivity contribution in [2.24, 2.45) is 0 Å². The first kappa shape index (κ1) is 13.3. The quantitative estimate of drug-likeness (QED) is 0.550. The van der Waals surface area contributed by atoms with Gasteiger partial charge in [-0.15, -0.1) is 24.7 Å². The molecule has 0 spiro atoms. The molecule has 0 aliphatic rings. The minimum atomic E-state index is 0.801. The highest BCUT2D eigenvalue weighted by Crippen LogP contribution is 2.08. The first-order chi connectivity index (χ1) is 8.26. The van der Waals surface area contributed by atoms with E-state index in [1.165, 1.54) is 0 Å². The topological polar surface area (TPSA) is 25.8 Å². The Morgan fingerprint density at radius 2 is 1.47 bits per heavy atom. The van der Waals surface area contributed by atoms with Crippen LogP contribution in [0.15, 0.2) is 6.07 Å². The molecular weight excluding hydrogens is 208 g/mol. The Morgan fingerprint density at radius 1 is 1.00 bits per heavy atom. The number of terminal acetylenes is 2. The van der Waals surface area contributed by atoms with Gasteiger partial charge in [-0.25, -0.2) is 9.97 Å². The molecule has 0 aliphatic heterocycles. The van der Waals surface area contributed by atoms with Crippen molar-refractivity contribution < 1.29 is 0 Å². The molecule has 0 bridgehead atoms. The van der Waals surface area contributed by atoms with Crippen molar-refractivity contribution in [3.8, 4) is 24.7 Å². The van der Waals surface area contributed by atoms with Gasteiger partial charge in [0.15, 0.2) is 0 Å². The van der Waals surface area contributed by atoms with Gasteiger partial charge in [0.25, 0.3) is 0 Å². The van der Waals surface area contributed by atoms with Crippen LogP contribution in [0.3, 0.4) is 0 Å². The van der Waals surface area contributed by atoms with Crippen LogP contribution in [-0.4, -0.2) is 9.97 Å². The molecule has 1 heterocycles. The number of rotatable bonds is 6. The van der Waals surface area contributed by atoms with Crippen LogP contribution in [0, 0.1) is 31.6 Å². The van der Waals surface area contributed by atoms with E-state index in [-0.39, 0.29) is 0 Å². The summed E-state index contributed by atoms with van der Waals surface area (Å²) in [6, 6.07) is 2.07. The van der Waals surface area contributed by atoms with Crippen molar-refractivity contribution in [1.29, 1.82) is 0 Å². The monoisotopic (exact) mass is 226 g/mol. The highest BCUT2D eigenvalue weighted by Gasteiger charge is 2.01. The van der Waals surface area contributed by atoms with Crippen LogP contribution in [0.1, 0.15) is 42.9 Å². The third kappa shape index (κ3) is 5.18. The Morgan fingerprint density at radius 3 is 1.88 bits per heavy atom. The van der Waals surface area contributed by atoms with Gasteiger partial charge in [0, 0.05) is 24.2 Å². The highest BCUT2D eigenvalue weighted by molar-refractivity contribution is 5.12. The van der Waals surface area contributed by atoms with E-state index in [9.17, 15) is 0 Å². The molecule has 0 amide bonds. The third-order valence-electron chi connectivity index (χ3n) is 2.45. The summed E-state index contributed by atoms with van der Waals surface area (Å²) in [7, 11) is 0. The van der Waals surface area contributed by atoms with Crippen LogP contribution in [0.25, 0.3) is 0 Å². The summed E-state index contributed by atoms with van der Waals surface area (Å²) in [5.74, 6) is 6.12. The van der Waals surface area contributed by atoms with Gasteiger partial charge in [-0.2, -0.15) is 0 Å². The Labute approximate surface area is 104 Å². The average Bonchev–Trinajstić information content (AvgIpc) is 2.29. The predicted octanol–water partition coefficient (Wildman–Crippen LogP) is 2.70. The van der Waals surface area contributed by atoms with Crippen LogP contribution in [0.2, 0.25) is 0 Å². The first-order valence-corrected chi connectivity index (χ1v) is 5.96. The fraction of sp³-hybridized carbons (Fsp3) is 0.467. The maximum atomic E-state index is 5.23. The second kappa shape index (κ2) is 7.47. The molecule has 2 heteroatoms. The summed E-state index contributed by atoms with van der Waals surface area (Å²) in [6.45, 7) is 1.93. The maximum Gasteiger partial charge on any atom is 0.125 e. The fourth-order valence-corrected chi connectivity index (χ4v) is 1.70. The van der Waals surface area contributed by atoms with E-state index in [2.05, 4.69) is 27.9 Å². The van der Waals surface area contributed by atoms with E-state index in [0.29, 0.717) is 0 Å². The SMILES string of the molecule is C#CCCCc1cc(CCCC#C)nc(C)n1. The van der Waals surface area contributed by atoms with Gasteiger partial charge in [0.05, 0.1) is 0 Å². The smallest absolute Gasteiger partial charge is 0.125 e. The van der Waals surface area contributed by atoms with Gasteiger partial charge < -0.3 is 0 Å². The van der Waals surface area contributed by atoms with Crippen molar-refractivity contribution in [3.05, 3.63) is 23.3 Å². The zero-order valence-electron chi connectivity index (χ0n) is 10.4. The third-order valence-corrected chi connectivity index (χ3v) is 2.45. The molecule has 1 aromatic heterocycles. The van der Waals surface area contributed by atoms with E-state index >= 15 is 0 Å². The van der Waals surface area contributed by atoms with Crippen molar-refractivity contribution in [3.63, 3.8) is 0 Å². The lowest BCUT2D eigenvalue weighted by Gasteiger charge is -2.04. The molecule has 0 fully saturated rings. The molecule has 0 atom stereocenters. The summed E-state index contributed by atoms with van der Waals surface area (Å²) in [4.78, 5) is 8.83. The lowest BCUT2D eigenvalue weighted by atomic mass is 10.1. The molecule has 0 N–H and O–H groups in total. The number of hydrogen-bond donors (Lipinski definition) is 0. The van der Waals surface area contributed by atoms with Gasteiger partial charge in [-0.05, 0) is 38.7 Å². The van der Waals surface area contributed by atoms with E-state index < -0.39 is 0 Å². The van der Waals surface area contributed by atoms with E-state index in [1.807, 2.05) is 6.92 Å². The number of nitrogens with zero attached hydrogens (tertiary/aromatic N) is 2. The summed E-state index contributed by atoms with van der Waals surface area (Å²) in [5, 5.41) is 0. The second-order valence-electron chi connectivity index (χ2n) is 4.01. The predicted molar refractivity (Wildman–Crippen MR) is 70.3 cm³/mol. The van der Waals surface area contributed by atoms with Crippen LogP contribution < -0.4 is 0 Å². The van der Waals surface area contributed by atoms with E-state index in [4.69, 9.17) is 12.8 Å². The summed E-state index contributed by atoms with van der Waals surface area (Å²) >= 11 is 0. The lowest BCUT2D eigenvalue weighted by molar-refractivity contribution is 0.777. The van der Waals surface area contributed by atoms with Crippen molar-refractivity contribution in [1.82, 2.24) is 9.97 Å². The fourth-order valence-electron chi connectivity index (χ4n) is 1.70. The number of hydrogen-bond acceptors (Lipinski definition) is 2. The summed E-state index contributed by atoms with van der Waals surface area (Å²) in [6.07, 6.45) is 15.9. The first-order valence-electron chi connectivity index (χ1n) is 5.96. The van der Waals surface area contributed by atoms with E-state index in [0.717, 1.165) is 55.7 Å². The molecule has 0 aliphatic carbocycles. The van der Waals surface area contributed by atoms with Crippen LogP contribution in [0.5, 0.6) is 0 Å². The van der Waals surface area contributed by atoms with Gasteiger partial charge in [0.1, 0.15) is 5.82 Å².